The zero-order chi connectivity index (χ0) is 19.4. The molecule has 4 saturated carbocycles. The molecule has 1 aromatic carbocycles. The molecule has 0 radical (unpaired) electrons. The van der Waals surface area contributed by atoms with Crippen molar-refractivity contribution in [1.82, 2.24) is 4.90 Å². The normalized spacial score (nSPS) is 34.7. The van der Waals surface area contributed by atoms with Gasteiger partial charge in [0.15, 0.2) is 0 Å². The molecule has 0 aliphatic heterocycles. The van der Waals surface area contributed by atoms with Gasteiger partial charge in [-0.15, -0.1) is 0 Å². The monoisotopic (exact) mass is 379 g/mol. The molecule has 1 aromatic rings. The van der Waals surface area contributed by atoms with Gasteiger partial charge in [0.05, 0.1) is 11.8 Å². The molecule has 0 saturated heterocycles. The number of rotatable bonds is 4. The van der Waals surface area contributed by atoms with E-state index in [1.807, 2.05) is 0 Å². The minimum Gasteiger partial charge on any atom is -0.345 e. The summed E-state index contributed by atoms with van der Waals surface area (Å²) in [7, 11) is 1.55. The van der Waals surface area contributed by atoms with Crippen LogP contribution in [-0.4, -0.2) is 30.6 Å². The van der Waals surface area contributed by atoms with E-state index in [1.165, 1.54) is 22.4 Å². The minimum absolute atomic E-state index is 0.0261. The number of hydrogen-bond acceptors (Lipinski definition) is 1. The van der Waals surface area contributed by atoms with Crippen LogP contribution in [0.3, 0.4) is 0 Å². The quantitative estimate of drug-likeness (QED) is 0.700. The lowest BCUT2D eigenvalue weighted by molar-refractivity contribution is -0.163. The van der Waals surface area contributed by atoms with Gasteiger partial charge in [-0.3, -0.25) is 4.79 Å². The van der Waals surface area contributed by atoms with Crippen LogP contribution in [0, 0.1) is 24.2 Å². The summed E-state index contributed by atoms with van der Waals surface area (Å²) < 4.78 is 37.9. The summed E-state index contributed by atoms with van der Waals surface area (Å²) in [6.45, 7) is 1.83. The lowest BCUT2D eigenvalue weighted by Gasteiger charge is -2.62. The third kappa shape index (κ3) is 3.38. The molecule has 4 bridgehead atoms. The molecule has 4 aliphatic carbocycles. The molecule has 2 nitrogen and oxygen atoms in total. The van der Waals surface area contributed by atoms with E-state index in [2.05, 4.69) is 31.2 Å². The molecule has 148 valence electrons. The molecular formula is C22H28F3NO. The first-order valence-corrected chi connectivity index (χ1v) is 10.0. The van der Waals surface area contributed by atoms with Gasteiger partial charge in [-0.25, -0.2) is 0 Å². The van der Waals surface area contributed by atoms with Crippen LogP contribution in [0.5, 0.6) is 0 Å². The lowest BCUT2D eigenvalue weighted by Crippen LogP contribution is -2.59. The molecule has 0 heterocycles. The van der Waals surface area contributed by atoms with Crippen LogP contribution in [0.4, 0.5) is 13.2 Å². The fourth-order valence-electron chi connectivity index (χ4n) is 6.56. The van der Waals surface area contributed by atoms with E-state index in [0.29, 0.717) is 11.8 Å². The average molecular weight is 379 g/mol. The average Bonchev–Trinajstić information content (AvgIpc) is 2.57. The standard InChI is InChI=1S/C22H28F3NO/c1-15-3-5-18(6-4-15)20-10-16-9-17(11-20)13-21(12-16,14-20)19(27)26(2)8-7-22(23,24)25/h3-6,16-17H,7-14H2,1-2H3. The van der Waals surface area contributed by atoms with Crippen molar-refractivity contribution in [3.63, 3.8) is 0 Å². The van der Waals surface area contributed by atoms with Gasteiger partial charge in [-0.05, 0) is 68.3 Å². The molecule has 5 rings (SSSR count). The lowest BCUT2D eigenvalue weighted by atomic mass is 9.42. The largest absolute Gasteiger partial charge is 0.390 e. The van der Waals surface area contributed by atoms with Gasteiger partial charge in [0, 0.05) is 13.6 Å². The summed E-state index contributed by atoms with van der Waals surface area (Å²) >= 11 is 0. The first-order chi connectivity index (χ1) is 12.6. The summed E-state index contributed by atoms with van der Waals surface area (Å²) in [5.41, 5.74) is 2.10. The number of benzene rings is 1. The van der Waals surface area contributed by atoms with Crippen LogP contribution in [0.15, 0.2) is 24.3 Å². The van der Waals surface area contributed by atoms with E-state index in [4.69, 9.17) is 0 Å². The maximum Gasteiger partial charge on any atom is 0.390 e. The molecular weight excluding hydrogens is 351 g/mol. The van der Waals surface area contributed by atoms with Crippen LogP contribution in [0.1, 0.15) is 56.1 Å². The van der Waals surface area contributed by atoms with Gasteiger partial charge in [0.25, 0.3) is 0 Å². The Hall–Kier alpha value is -1.52. The van der Waals surface area contributed by atoms with Crippen molar-refractivity contribution in [3.05, 3.63) is 35.4 Å². The van der Waals surface area contributed by atoms with Crippen LogP contribution in [0.2, 0.25) is 0 Å². The molecule has 0 spiro atoms. The third-order valence-electron chi connectivity index (χ3n) is 7.26. The molecule has 5 heteroatoms. The number of nitrogens with zero attached hydrogens (tertiary/aromatic N) is 1. The second-order valence-corrected chi connectivity index (χ2v) is 9.48. The first kappa shape index (κ1) is 18.8. The number of aryl methyl sites for hydroxylation is 1. The van der Waals surface area contributed by atoms with Crippen molar-refractivity contribution < 1.29 is 18.0 Å². The highest BCUT2D eigenvalue weighted by molar-refractivity contribution is 5.83. The number of carbonyl (C=O) groups is 1. The van der Waals surface area contributed by atoms with Gasteiger partial charge in [0.1, 0.15) is 0 Å². The minimum atomic E-state index is -4.22. The molecule has 2 unspecified atom stereocenters. The predicted octanol–water partition coefficient (Wildman–Crippen LogP) is 5.24. The topological polar surface area (TPSA) is 20.3 Å². The molecule has 4 fully saturated rings. The third-order valence-corrected chi connectivity index (χ3v) is 7.26. The summed E-state index contributed by atoms with van der Waals surface area (Å²) in [6.07, 6.45) is 0.765. The Morgan fingerprint density at radius 1 is 1.11 bits per heavy atom. The van der Waals surface area contributed by atoms with Crippen LogP contribution >= 0.6 is 0 Å². The second-order valence-electron chi connectivity index (χ2n) is 9.48. The van der Waals surface area contributed by atoms with E-state index < -0.39 is 18.0 Å². The Balaban J connectivity index is 1.60. The van der Waals surface area contributed by atoms with Crippen molar-refractivity contribution in [1.29, 1.82) is 0 Å². The van der Waals surface area contributed by atoms with Crippen molar-refractivity contribution >= 4 is 5.91 Å². The van der Waals surface area contributed by atoms with Crippen LogP contribution in [-0.2, 0) is 10.2 Å². The van der Waals surface area contributed by atoms with Crippen LogP contribution in [0.25, 0.3) is 0 Å². The Bertz CT molecular complexity index is 710. The summed E-state index contributed by atoms with van der Waals surface area (Å²) in [6, 6.07) is 8.68. The Kier molecular flexibility index (Phi) is 4.36. The van der Waals surface area contributed by atoms with Crippen molar-refractivity contribution in [2.24, 2.45) is 17.3 Å². The van der Waals surface area contributed by atoms with E-state index in [0.717, 1.165) is 32.1 Å². The fraction of sp³-hybridized carbons (Fsp3) is 0.682. The molecule has 27 heavy (non-hydrogen) atoms. The highest BCUT2D eigenvalue weighted by Crippen LogP contribution is 2.66. The number of hydrogen-bond donors (Lipinski definition) is 0. The zero-order valence-corrected chi connectivity index (χ0v) is 16.1. The van der Waals surface area contributed by atoms with Gasteiger partial charge in [-0.1, -0.05) is 29.8 Å². The van der Waals surface area contributed by atoms with Gasteiger partial charge < -0.3 is 4.90 Å². The molecule has 0 aromatic heterocycles. The maximum atomic E-state index is 13.3. The van der Waals surface area contributed by atoms with Gasteiger partial charge in [-0.2, -0.15) is 13.2 Å². The number of halogens is 3. The van der Waals surface area contributed by atoms with Gasteiger partial charge in [0.2, 0.25) is 5.91 Å². The van der Waals surface area contributed by atoms with Crippen molar-refractivity contribution in [3.8, 4) is 0 Å². The number of alkyl halides is 3. The molecule has 2 atom stereocenters. The van der Waals surface area contributed by atoms with E-state index in [-0.39, 0.29) is 17.9 Å². The first-order valence-electron chi connectivity index (χ1n) is 10.0. The maximum absolute atomic E-state index is 13.3. The number of amides is 1. The summed E-state index contributed by atoms with van der Waals surface area (Å²) in [5, 5.41) is 0. The SMILES string of the molecule is Cc1ccc(C23CC4CC(CC(C(=O)N(C)CCC(F)(F)F)(C4)C2)C3)cc1. The van der Waals surface area contributed by atoms with Crippen LogP contribution < -0.4 is 0 Å². The smallest absolute Gasteiger partial charge is 0.345 e. The molecule has 1 amide bonds. The highest BCUT2D eigenvalue weighted by atomic mass is 19.4. The summed E-state index contributed by atoms with van der Waals surface area (Å²) in [4.78, 5) is 14.7. The second kappa shape index (κ2) is 6.25. The highest BCUT2D eigenvalue weighted by Gasteiger charge is 2.61. The Morgan fingerprint density at radius 2 is 1.70 bits per heavy atom. The van der Waals surface area contributed by atoms with E-state index in [9.17, 15) is 18.0 Å². The predicted molar refractivity (Wildman–Crippen MR) is 98.3 cm³/mol. The molecule has 4 aliphatic rings. The van der Waals surface area contributed by atoms with Crippen molar-refractivity contribution in [2.75, 3.05) is 13.6 Å². The van der Waals surface area contributed by atoms with Gasteiger partial charge >= 0.3 is 6.18 Å². The zero-order valence-electron chi connectivity index (χ0n) is 16.1. The van der Waals surface area contributed by atoms with E-state index >= 15 is 0 Å². The summed E-state index contributed by atoms with van der Waals surface area (Å²) in [5.74, 6) is 0.984. The number of carbonyl (C=O) groups excluding carboxylic acids is 1. The fourth-order valence-corrected chi connectivity index (χ4v) is 6.56. The Labute approximate surface area is 159 Å². The Morgan fingerprint density at radius 3 is 2.26 bits per heavy atom. The van der Waals surface area contributed by atoms with E-state index in [1.54, 1.807) is 7.05 Å². The van der Waals surface area contributed by atoms with Crippen molar-refractivity contribution in [2.45, 2.75) is 63.5 Å². The molecule has 0 N–H and O–H groups in total.